The van der Waals surface area contributed by atoms with Gasteiger partial charge >= 0.3 is 5.97 Å². The van der Waals surface area contributed by atoms with Crippen molar-refractivity contribution in [2.45, 2.75) is 13.5 Å². The number of rotatable bonds is 5. The number of aryl methyl sites for hydroxylation is 1. The second-order valence-electron chi connectivity index (χ2n) is 5.15. The highest BCUT2D eigenvalue weighted by atomic mass is 16.5. The lowest BCUT2D eigenvalue weighted by Crippen LogP contribution is -2.09. The number of hydrogen-bond acceptors (Lipinski definition) is 5. The molecule has 1 aromatic heterocycles. The SMILES string of the molecule is COc1ccccc1COC(=O)c1nn(-c2ccccc2)nc1C. The van der Waals surface area contributed by atoms with Gasteiger partial charge in [0, 0.05) is 5.56 Å². The van der Waals surface area contributed by atoms with Gasteiger partial charge in [-0.25, -0.2) is 4.79 Å². The van der Waals surface area contributed by atoms with E-state index in [9.17, 15) is 4.79 Å². The van der Waals surface area contributed by atoms with Crippen LogP contribution in [0.3, 0.4) is 0 Å². The molecule has 0 bridgehead atoms. The molecule has 6 nitrogen and oxygen atoms in total. The first-order valence-electron chi connectivity index (χ1n) is 7.47. The Morgan fingerprint density at radius 1 is 1.04 bits per heavy atom. The number of esters is 1. The molecule has 6 heteroatoms. The molecule has 0 saturated carbocycles. The third-order valence-electron chi connectivity index (χ3n) is 3.51. The van der Waals surface area contributed by atoms with Gasteiger partial charge in [-0.05, 0) is 25.1 Å². The predicted octanol–water partition coefficient (Wildman–Crippen LogP) is 2.94. The molecule has 1 heterocycles. The van der Waals surface area contributed by atoms with Gasteiger partial charge in [-0.3, -0.25) is 0 Å². The van der Waals surface area contributed by atoms with Crippen LogP contribution in [0.2, 0.25) is 0 Å². The minimum atomic E-state index is -0.513. The number of hydrogen-bond donors (Lipinski definition) is 0. The maximum absolute atomic E-state index is 12.3. The summed E-state index contributed by atoms with van der Waals surface area (Å²) in [4.78, 5) is 13.7. The second-order valence-corrected chi connectivity index (χ2v) is 5.15. The zero-order valence-corrected chi connectivity index (χ0v) is 13.5. The molecule has 0 spiro atoms. The van der Waals surface area contributed by atoms with Crippen molar-refractivity contribution in [1.29, 1.82) is 0 Å². The van der Waals surface area contributed by atoms with E-state index in [4.69, 9.17) is 9.47 Å². The molecule has 0 unspecified atom stereocenters. The molecular formula is C18H17N3O3. The summed E-state index contributed by atoms with van der Waals surface area (Å²) in [7, 11) is 1.58. The van der Waals surface area contributed by atoms with E-state index >= 15 is 0 Å². The van der Waals surface area contributed by atoms with Crippen LogP contribution in [0.15, 0.2) is 54.6 Å². The van der Waals surface area contributed by atoms with Gasteiger partial charge in [-0.2, -0.15) is 9.90 Å². The molecule has 3 rings (SSSR count). The predicted molar refractivity (Wildman–Crippen MR) is 88.2 cm³/mol. The van der Waals surface area contributed by atoms with E-state index in [0.717, 1.165) is 11.3 Å². The van der Waals surface area contributed by atoms with Crippen LogP contribution in [0.4, 0.5) is 0 Å². The van der Waals surface area contributed by atoms with Crippen LogP contribution in [-0.2, 0) is 11.3 Å². The highest BCUT2D eigenvalue weighted by Gasteiger charge is 2.18. The molecule has 0 atom stereocenters. The molecule has 122 valence electrons. The van der Waals surface area contributed by atoms with Gasteiger partial charge in [0.15, 0.2) is 5.69 Å². The minimum absolute atomic E-state index is 0.112. The summed E-state index contributed by atoms with van der Waals surface area (Å²) in [6, 6.07) is 16.8. The van der Waals surface area contributed by atoms with Crippen molar-refractivity contribution < 1.29 is 14.3 Å². The van der Waals surface area contributed by atoms with Crippen molar-refractivity contribution >= 4 is 5.97 Å². The minimum Gasteiger partial charge on any atom is -0.496 e. The fourth-order valence-electron chi connectivity index (χ4n) is 2.28. The van der Waals surface area contributed by atoms with Crippen molar-refractivity contribution in [1.82, 2.24) is 15.0 Å². The van der Waals surface area contributed by atoms with Gasteiger partial charge in [0.2, 0.25) is 0 Å². The Morgan fingerprint density at radius 2 is 1.75 bits per heavy atom. The largest absolute Gasteiger partial charge is 0.496 e. The molecule has 24 heavy (non-hydrogen) atoms. The topological polar surface area (TPSA) is 66.2 Å². The number of benzene rings is 2. The number of nitrogens with zero attached hydrogens (tertiary/aromatic N) is 3. The number of carbonyl (C=O) groups is 1. The Morgan fingerprint density at radius 3 is 2.50 bits per heavy atom. The smallest absolute Gasteiger partial charge is 0.361 e. The molecule has 0 fully saturated rings. The molecule has 0 saturated heterocycles. The lowest BCUT2D eigenvalue weighted by atomic mass is 10.2. The molecule has 0 radical (unpaired) electrons. The van der Waals surface area contributed by atoms with Crippen LogP contribution in [0.25, 0.3) is 5.69 Å². The molecule has 0 aliphatic rings. The van der Waals surface area contributed by atoms with Crippen molar-refractivity contribution in [2.75, 3.05) is 7.11 Å². The normalized spacial score (nSPS) is 10.4. The standard InChI is InChI=1S/C18H17N3O3/c1-13-17(20-21(19-13)15-9-4-3-5-10-15)18(22)24-12-14-8-6-7-11-16(14)23-2/h3-11H,12H2,1-2H3. The summed E-state index contributed by atoms with van der Waals surface area (Å²) in [5.74, 6) is 0.163. The Hall–Kier alpha value is -3.15. The number of para-hydroxylation sites is 2. The molecule has 0 amide bonds. The number of carbonyl (C=O) groups excluding carboxylic acids is 1. The van der Waals surface area contributed by atoms with E-state index < -0.39 is 5.97 Å². The Labute approximate surface area is 139 Å². The summed E-state index contributed by atoms with van der Waals surface area (Å²) in [5, 5.41) is 8.51. The highest BCUT2D eigenvalue weighted by molar-refractivity contribution is 5.88. The van der Waals surface area contributed by atoms with E-state index in [-0.39, 0.29) is 12.3 Å². The Kier molecular flexibility index (Phi) is 4.56. The van der Waals surface area contributed by atoms with Crippen LogP contribution in [0.1, 0.15) is 21.7 Å². The van der Waals surface area contributed by atoms with E-state index in [1.165, 1.54) is 4.80 Å². The average Bonchev–Trinajstić information content (AvgIpc) is 3.02. The summed E-state index contributed by atoms with van der Waals surface area (Å²) < 4.78 is 10.6. The van der Waals surface area contributed by atoms with Crippen LogP contribution < -0.4 is 4.74 Å². The Balaban J connectivity index is 1.75. The van der Waals surface area contributed by atoms with Crippen LogP contribution >= 0.6 is 0 Å². The highest BCUT2D eigenvalue weighted by Crippen LogP contribution is 2.19. The summed E-state index contributed by atoms with van der Waals surface area (Å²) >= 11 is 0. The zero-order valence-electron chi connectivity index (χ0n) is 13.5. The fourth-order valence-corrected chi connectivity index (χ4v) is 2.28. The lowest BCUT2D eigenvalue weighted by Gasteiger charge is -2.08. The number of ether oxygens (including phenoxy) is 2. The number of methoxy groups -OCH3 is 1. The van der Waals surface area contributed by atoms with Crippen LogP contribution in [0.5, 0.6) is 5.75 Å². The number of aromatic nitrogens is 3. The summed E-state index contributed by atoms with van der Waals surface area (Å²) in [6.07, 6.45) is 0. The van der Waals surface area contributed by atoms with Gasteiger partial charge in [0.25, 0.3) is 0 Å². The summed E-state index contributed by atoms with van der Waals surface area (Å²) in [5.41, 5.74) is 2.29. The first kappa shape index (κ1) is 15.7. The molecule has 0 aliphatic heterocycles. The van der Waals surface area contributed by atoms with Crippen LogP contribution in [0, 0.1) is 6.92 Å². The van der Waals surface area contributed by atoms with E-state index in [1.54, 1.807) is 14.0 Å². The molecule has 0 aliphatic carbocycles. The van der Waals surface area contributed by atoms with Gasteiger partial charge in [0.05, 0.1) is 18.5 Å². The van der Waals surface area contributed by atoms with E-state index in [1.807, 2.05) is 54.6 Å². The molecule has 0 N–H and O–H groups in total. The van der Waals surface area contributed by atoms with E-state index in [0.29, 0.717) is 11.4 Å². The monoisotopic (exact) mass is 323 g/mol. The molecule has 3 aromatic rings. The van der Waals surface area contributed by atoms with Gasteiger partial charge < -0.3 is 9.47 Å². The molecular weight excluding hydrogens is 306 g/mol. The quantitative estimate of drug-likeness (QED) is 0.675. The van der Waals surface area contributed by atoms with Gasteiger partial charge in [0.1, 0.15) is 12.4 Å². The van der Waals surface area contributed by atoms with Crippen molar-refractivity contribution in [3.63, 3.8) is 0 Å². The van der Waals surface area contributed by atoms with Gasteiger partial charge in [-0.1, -0.05) is 36.4 Å². The first-order chi connectivity index (χ1) is 11.7. The molecule has 2 aromatic carbocycles. The third-order valence-corrected chi connectivity index (χ3v) is 3.51. The van der Waals surface area contributed by atoms with Crippen molar-refractivity contribution in [2.24, 2.45) is 0 Å². The fraction of sp³-hybridized carbons (Fsp3) is 0.167. The summed E-state index contributed by atoms with van der Waals surface area (Å²) in [6.45, 7) is 1.84. The maximum atomic E-state index is 12.3. The van der Waals surface area contributed by atoms with Crippen molar-refractivity contribution in [3.05, 3.63) is 71.5 Å². The lowest BCUT2D eigenvalue weighted by molar-refractivity contribution is 0.0462. The maximum Gasteiger partial charge on any atom is 0.361 e. The van der Waals surface area contributed by atoms with Gasteiger partial charge in [-0.15, -0.1) is 5.10 Å². The van der Waals surface area contributed by atoms with E-state index in [2.05, 4.69) is 10.2 Å². The van der Waals surface area contributed by atoms with Crippen molar-refractivity contribution in [3.8, 4) is 11.4 Å². The average molecular weight is 323 g/mol. The zero-order chi connectivity index (χ0) is 16.9. The Bertz CT molecular complexity index is 844. The third kappa shape index (κ3) is 3.27. The first-order valence-corrected chi connectivity index (χ1v) is 7.47. The van der Waals surface area contributed by atoms with Crippen LogP contribution in [-0.4, -0.2) is 28.1 Å². The second kappa shape index (κ2) is 6.95.